The molecule has 0 aromatic carbocycles. The Labute approximate surface area is 118 Å². The van der Waals surface area contributed by atoms with Crippen LogP contribution in [0.1, 0.15) is 24.1 Å². The van der Waals surface area contributed by atoms with Gasteiger partial charge in [0.15, 0.2) is 0 Å². The van der Waals surface area contributed by atoms with E-state index in [0.717, 1.165) is 30.7 Å². The zero-order valence-corrected chi connectivity index (χ0v) is 12.6. The smallest absolute Gasteiger partial charge is 0.250 e. The fraction of sp³-hybridized carbons (Fsp3) is 0.667. The SMILES string of the molecule is CNCc1ccc(S(=O)(=O)NCCC2CCCO2)s1. The molecule has 19 heavy (non-hydrogen) atoms. The van der Waals surface area contributed by atoms with Gasteiger partial charge in [-0.05, 0) is 38.4 Å². The van der Waals surface area contributed by atoms with Gasteiger partial charge in [0.05, 0.1) is 6.10 Å². The van der Waals surface area contributed by atoms with Gasteiger partial charge >= 0.3 is 0 Å². The van der Waals surface area contributed by atoms with Crippen molar-refractivity contribution >= 4 is 21.4 Å². The summed E-state index contributed by atoms with van der Waals surface area (Å²) in [5, 5.41) is 3.01. The van der Waals surface area contributed by atoms with Gasteiger partial charge in [-0.25, -0.2) is 13.1 Å². The quantitative estimate of drug-likeness (QED) is 0.797. The third-order valence-corrected chi connectivity index (χ3v) is 6.07. The Morgan fingerprint density at radius 1 is 1.47 bits per heavy atom. The highest BCUT2D eigenvalue weighted by molar-refractivity contribution is 7.91. The molecule has 0 bridgehead atoms. The molecule has 1 aliphatic rings. The molecule has 1 fully saturated rings. The molecule has 5 nitrogen and oxygen atoms in total. The maximum Gasteiger partial charge on any atom is 0.250 e. The van der Waals surface area contributed by atoms with Crippen LogP contribution in [0.3, 0.4) is 0 Å². The first-order chi connectivity index (χ1) is 9.12. The van der Waals surface area contributed by atoms with Gasteiger partial charge < -0.3 is 10.1 Å². The second-order valence-electron chi connectivity index (χ2n) is 4.57. The van der Waals surface area contributed by atoms with Crippen LogP contribution < -0.4 is 10.0 Å². The lowest BCUT2D eigenvalue weighted by Gasteiger charge is -2.09. The standard InChI is InChI=1S/C12H20N2O3S2/c1-13-9-11-4-5-12(18-11)19(15,16)14-7-6-10-3-2-8-17-10/h4-5,10,13-14H,2-3,6-9H2,1H3. The summed E-state index contributed by atoms with van der Waals surface area (Å²) in [5.74, 6) is 0. The predicted molar refractivity (Wildman–Crippen MR) is 75.9 cm³/mol. The average molecular weight is 304 g/mol. The summed E-state index contributed by atoms with van der Waals surface area (Å²) < 4.78 is 32.6. The largest absolute Gasteiger partial charge is 0.378 e. The van der Waals surface area contributed by atoms with Gasteiger partial charge in [-0.3, -0.25) is 0 Å². The van der Waals surface area contributed by atoms with Crippen LogP contribution in [0.2, 0.25) is 0 Å². The summed E-state index contributed by atoms with van der Waals surface area (Å²) in [6, 6.07) is 3.50. The summed E-state index contributed by atoms with van der Waals surface area (Å²) in [4.78, 5) is 1.02. The first kappa shape index (κ1) is 14.9. The third kappa shape index (κ3) is 4.25. The Bertz CT molecular complexity index is 493. The average Bonchev–Trinajstić information content (AvgIpc) is 3.00. The summed E-state index contributed by atoms with van der Waals surface area (Å²) in [6.45, 7) is 1.93. The van der Waals surface area contributed by atoms with Crippen molar-refractivity contribution in [3.63, 3.8) is 0 Å². The van der Waals surface area contributed by atoms with E-state index in [0.29, 0.717) is 17.3 Å². The molecule has 1 unspecified atom stereocenters. The molecule has 0 radical (unpaired) electrons. The first-order valence-corrected chi connectivity index (χ1v) is 8.76. The summed E-state index contributed by atoms with van der Waals surface area (Å²) >= 11 is 1.30. The Balaban J connectivity index is 1.85. The number of hydrogen-bond acceptors (Lipinski definition) is 5. The van der Waals surface area contributed by atoms with E-state index in [-0.39, 0.29) is 6.10 Å². The van der Waals surface area contributed by atoms with Crippen LogP contribution in [-0.4, -0.2) is 34.7 Å². The molecule has 1 aromatic rings. The number of ether oxygens (including phenoxy) is 1. The molecule has 1 aromatic heterocycles. The molecular weight excluding hydrogens is 284 g/mol. The van der Waals surface area contributed by atoms with E-state index < -0.39 is 10.0 Å². The fourth-order valence-corrected chi connectivity index (χ4v) is 4.53. The predicted octanol–water partition coefficient (Wildman–Crippen LogP) is 1.31. The van der Waals surface area contributed by atoms with Crippen LogP contribution in [-0.2, 0) is 21.3 Å². The van der Waals surface area contributed by atoms with Gasteiger partial charge in [0.1, 0.15) is 4.21 Å². The van der Waals surface area contributed by atoms with E-state index in [1.54, 1.807) is 6.07 Å². The number of sulfonamides is 1. The van der Waals surface area contributed by atoms with E-state index in [1.165, 1.54) is 11.3 Å². The summed E-state index contributed by atoms with van der Waals surface area (Å²) in [6.07, 6.45) is 3.07. The van der Waals surface area contributed by atoms with Gasteiger partial charge in [0.2, 0.25) is 10.0 Å². The second kappa shape index (κ2) is 6.81. The van der Waals surface area contributed by atoms with Gasteiger partial charge in [-0.15, -0.1) is 11.3 Å². The monoisotopic (exact) mass is 304 g/mol. The lowest BCUT2D eigenvalue weighted by molar-refractivity contribution is 0.105. The summed E-state index contributed by atoms with van der Waals surface area (Å²) in [7, 11) is -1.52. The molecule has 2 heterocycles. The molecule has 1 saturated heterocycles. The number of hydrogen-bond donors (Lipinski definition) is 2. The maximum absolute atomic E-state index is 12.1. The number of thiophene rings is 1. The lowest BCUT2D eigenvalue weighted by atomic mass is 10.2. The molecule has 1 aliphatic heterocycles. The second-order valence-corrected chi connectivity index (χ2v) is 7.73. The van der Waals surface area contributed by atoms with E-state index in [2.05, 4.69) is 10.0 Å². The molecule has 2 N–H and O–H groups in total. The number of rotatable bonds is 7. The fourth-order valence-electron chi connectivity index (χ4n) is 2.07. The van der Waals surface area contributed by atoms with Gasteiger partial charge in [-0.1, -0.05) is 0 Å². The molecule has 1 atom stereocenters. The van der Waals surface area contributed by atoms with Gasteiger partial charge in [0, 0.05) is 24.6 Å². The minimum Gasteiger partial charge on any atom is -0.378 e. The third-order valence-electron chi connectivity index (χ3n) is 3.04. The first-order valence-electron chi connectivity index (χ1n) is 6.46. The molecular formula is C12H20N2O3S2. The van der Waals surface area contributed by atoms with Crippen molar-refractivity contribution in [1.29, 1.82) is 0 Å². The normalized spacial score (nSPS) is 19.9. The topological polar surface area (TPSA) is 67.4 Å². The minimum absolute atomic E-state index is 0.214. The zero-order valence-electron chi connectivity index (χ0n) is 11.0. The van der Waals surface area contributed by atoms with E-state index in [9.17, 15) is 8.42 Å². The Kier molecular flexibility index (Phi) is 5.35. The highest BCUT2D eigenvalue weighted by Gasteiger charge is 2.19. The van der Waals surface area contributed by atoms with Crippen molar-refractivity contribution in [2.24, 2.45) is 0 Å². The van der Waals surface area contributed by atoms with E-state index in [4.69, 9.17) is 4.74 Å². The number of nitrogens with one attached hydrogen (secondary N) is 2. The molecule has 108 valence electrons. The Morgan fingerprint density at radius 2 is 2.32 bits per heavy atom. The van der Waals surface area contributed by atoms with Crippen LogP contribution in [0.25, 0.3) is 0 Å². The molecule has 7 heteroatoms. The zero-order chi connectivity index (χ0) is 13.7. The summed E-state index contributed by atoms with van der Waals surface area (Å²) in [5.41, 5.74) is 0. The molecule has 0 amide bonds. The van der Waals surface area contributed by atoms with Crippen LogP contribution in [0.15, 0.2) is 16.3 Å². The van der Waals surface area contributed by atoms with Crippen molar-refractivity contribution in [1.82, 2.24) is 10.0 Å². The highest BCUT2D eigenvalue weighted by atomic mass is 32.2. The van der Waals surface area contributed by atoms with Crippen molar-refractivity contribution < 1.29 is 13.2 Å². The van der Waals surface area contributed by atoms with Crippen molar-refractivity contribution in [3.8, 4) is 0 Å². The van der Waals surface area contributed by atoms with E-state index >= 15 is 0 Å². The van der Waals surface area contributed by atoms with E-state index in [1.807, 2.05) is 13.1 Å². The van der Waals surface area contributed by atoms with Crippen molar-refractivity contribution in [2.45, 2.75) is 36.1 Å². The molecule has 0 spiro atoms. The van der Waals surface area contributed by atoms with Crippen LogP contribution in [0, 0.1) is 0 Å². The Hall–Kier alpha value is -0.470. The molecule has 0 aliphatic carbocycles. The van der Waals surface area contributed by atoms with Crippen LogP contribution in [0.4, 0.5) is 0 Å². The molecule has 2 rings (SSSR count). The minimum atomic E-state index is -3.36. The molecule has 0 saturated carbocycles. The van der Waals surface area contributed by atoms with Crippen LogP contribution in [0.5, 0.6) is 0 Å². The van der Waals surface area contributed by atoms with Gasteiger partial charge in [0.25, 0.3) is 0 Å². The maximum atomic E-state index is 12.1. The van der Waals surface area contributed by atoms with Crippen molar-refractivity contribution in [3.05, 3.63) is 17.0 Å². The highest BCUT2D eigenvalue weighted by Crippen LogP contribution is 2.21. The lowest BCUT2D eigenvalue weighted by Crippen LogP contribution is -2.26. The van der Waals surface area contributed by atoms with Crippen LogP contribution >= 0.6 is 11.3 Å². The Morgan fingerprint density at radius 3 is 3.00 bits per heavy atom. The van der Waals surface area contributed by atoms with Gasteiger partial charge in [-0.2, -0.15) is 0 Å². The van der Waals surface area contributed by atoms with Crippen molar-refractivity contribution in [2.75, 3.05) is 20.2 Å².